The predicted octanol–water partition coefficient (Wildman–Crippen LogP) is 0.778. The number of carbonyl (C=O) groups is 1. The first-order valence-corrected chi connectivity index (χ1v) is 7.57. The molecule has 7 nitrogen and oxygen atoms in total. The van der Waals surface area contributed by atoms with Crippen LogP contribution in [0.15, 0.2) is 12.4 Å². The minimum Gasteiger partial charge on any atom is -0.395 e. The molecule has 1 saturated heterocycles. The third-order valence-electron chi connectivity index (χ3n) is 3.83. The second kappa shape index (κ2) is 7.99. The van der Waals surface area contributed by atoms with Crippen molar-refractivity contribution in [2.45, 2.75) is 31.7 Å². The summed E-state index contributed by atoms with van der Waals surface area (Å²) in [7, 11) is 1.81. The van der Waals surface area contributed by atoms with Gasteiger partial charge in [0.15, 0.2) is 0 Å². The maximum Gasteiger partial charge on any atom is 0.319 e. The molecule has 1 aliphatic heterocycles. The summed E-state index contributed by atoms with van der Waals surface area (Å²) in [5.74, 6) is 0. The van der Waals surface area contributed by atoms with Crippen molar-refractivity contribution < 1.29 is 9.90 Å². The van der Waals surface area contributed by atoms with Crippen LogP contribution in [0.5, 0.6) is 0 Å². The number of likely N-dealkylation sites (tertiary alicyclic amines) is 1. The Morgan fingerprint density at radius 1 is 1.52 bits per heavy atom. The van der Waals surface area contributed by atoms with E-state index < -0.39 is 0 Å². The molecule has 1 aliphatic rings. The van der Waals surface area contributed by atoms with Gasteiger partial charge >= 0.3 is 6.03 Å². The van der Waals surface area contributed by atoms with E-state index in [1.807, 2.05) is 0 Å². The van der Waals surface area contributed by atoms with Crippen LogP contribution in [0.1, 0.15) is 25.7 Å². The van der Waals surface area contributed by atoms with Gasteiger partial charge in [-0.15, -0.1) is 0 Å². The number of urea groups is 1. The molecule has 0 aliphatic carbocycles. The number of unbranched alkanes of at least 4 members (excludes halogenated alkanes) is 1. The van der Waals surface area contributed by atoms with E-state index in [9.17, 15) is 9.90 Å². The van der Waals surface area contributed by atoms with E-state index in [2.05, 4.69) is 20.6 Å². The normalized spacial score (nSPS) is 18.9. The Hall–Kier alpha value is -1.60. The third kappa shape index (κ3) is 5.02. The molecular weight excluding hydrogens is 270 g/mol. The number of aryl methyl sites for hydroxylation is 1. The molecule has 7 heteroatoms. The quantitative estimate of drug-likeness (QED) is 0.649. The number of anilines is 1. The van der Waals surface area contributed by atoms with Crippen molar-refractivity contribution in [3.63, 3.8) is 0 Å². The second-order valence-electron chi connectivity index (χ2n) is 5.51. The lowest BCUT2D eigenvalue weighted by Crippen LogP contribution is -2.34. The van der Waals surface area contributed by atoms with Gasteiger partial charge in [-0.1, -0.05) is 0 Å². The molecule has 3 N–H and O–H groups in total. The van der Waals surface area contributed by atoms with Crippen LogP contribution in [0.2, 0.25) is 0 Å². The molecule has 1 unspecified atom stereocenters. The van der Waals surface area contributed by atoms with Gasteiger partial charge < -0.3 is 15.7 Å². The Balaban J connectivity index is 1.54. The fourth-order valence-corrected chi connectivity index (χ4v) is 2.70. The van der Waals surface area contributed by atoms with Crippen molar-refractivity contribution in [2.24, 2.45) is 7.05 Å². The van der Waals surface area contributed by atoms with E-state index in [0.29, 0.717) is 18.3 Å². The first-order valence-electron chi connectivity index (χ1n) is 7.57. The van der Waals surface area contributed by atoms with Crippen LogP contribution < -0.4 is 10.6 Å². The van der Waals surface area contributed by atoms with Crippen molar-refractivity contribution in [2.75, 3.05) is 31.6 Å². The van der Waals surface area contributed by atoms with Gasteiger partial charge in [0.25, 0.3) is 0 Å². The number of hydrogen-bond acceptors (Lipinski definition) is 4. The molecule has 0 bridgehead atoms. The molecule has 2 rings (SSSR count). The number of nitrogens with zero attached hydrogens (tertiary/aromatic N) is 3. The largest absolute Gasteiger partial charge is 0.395 e. The lowest BCUT2D eigenvalue weighted by molar-refractivity contribution is 0.157. The monoisotopic (exact) mass is 295 g/mol. The summed E-state index contributed by atoms with van der Waals surface area (Å²) >= 11 is 0. The Labute approximate surface area is 125 Å². The van der Waals surface area contributed by atoms with Crippen LogP contribution >= 0.6 is 0 Å². The first kappa shape index (κ1) is 15.8. The zero-order valence-electron chi connectivity index (χ0n) is 12.6. The van der Waals surface area contributed by atoms with Crippen molar-refractivity contribution in [1.29, 1.82) is 0 Å². The molecule has 2 heterocycles. The Kier molecular flexibility index (Phi) is 6.01. The molecule has 0 aromatic carbocycles. The van der Waals surface area contributed by atoms with Gasteiger partial charge in [-0.05, 0) is 38.8 Å². The molecule has 1 aromatic rings. The van der Waals surface area contributed by atoms with Crippen molar-refractivity contribution in [1.82, 2.24) is 20.0 Å². The van der Waals surface area contributed by atoms with Crippen LogP contribution in [0, 0.1) is 0 Å². The van der Waals surface area contributed by atoms with Crippen LogP contribution in [0.4, 0.5) is 10.5 Å². The number of amides is 2. The summed E-state index contributed by atoms with van der Waals surface area (Å²) in [6.45, 7) is 2.99. The first-order chi connectivity index (χ1) is 10.2. The molecular formula is C14H25N5O2. The highest BCUT2D eigenvalue weighted by atomic mass is 16.3. The van der Waals surface area contributed by atoms with Gasteiger partial charge in [-0.2, -0.15) is 5.10 Å². The maximum absolute atomic E-state index is 11.6. The molecule has 1 fully saturated rings. The smallest absolute Gasteiger partial charge is 0.319 e. The van der Waals surface area contributed by atoms with Gasteiger partial charge in [-0.3, -0.25) is 9.58 Å². The highest BCUT2D eigenvalue weighted by Crippen LogP contribution is 2.16. The highest BCUT2D eigenvalue weighted by Gasteiger charge is 2.22. The summed E-state index contributed by atoms with van der Waals surface area (Å²) in [6, 6.07) is 0.143. The zero-order valence-corrected chi connectivity index (χ0v) is 12.6. The van der Waals surface area contributed by atoms with E-state index >= 15 is 0 Å². The van der Waals surface area contributed by atoms with Crippen LogP contribution in [-0.4, -0.2) is 58.1 Å². The Morgan fingerprint density at radius 3 is 3.10 bits per heavy atom. The van der Waals surface area contributed by atoms with Crippen LogP contribution in [0.3, 0.4) is 0 Å². The number of hydrogen-bond donors (Lipinski definition) is 3. The summed E-state index contributed by atoms with van der Waals surface area (Å²) in [5, 5.41) is 18.8. The van der Waals surface area contributed by atoms with Gasteiger partial charge in [-0.25, -0.2) is 4.79 Å². The van der Waals surface area contributed by atoms with Gasteiger partial charge in [0.2, 0.25) is 0 Å². The second-order valence-corrected chi connectivity index (χ2v) is 5.51. The Morgan fingerprint density at radius 2 is 2.38 bits per heavy atom. The summed E-state index contributed by atoms with van der Waals surface area (Å²) in [4.78, 5) is 14.0. The van der Waals surface area contributed by atoms with E-state index in [-0.39, 0.29) is 12.6 Å². The number of aromatic nitrogens is 2. The predicted molar refractivity (Wildman–Crippen MR) is 81.1 cm³/mol. The number of aliphatic hydroxyl groups excluding tert-OH is 1. The average molecular weight is 295 g/mol. The highest BCUT2D eigenvalue weighted by molar-refractivity contribution is 5.88. The molecule has 0 saturated carbocycles. The van der Waals surface area contributed by atoms with Crippen LogP contribution in [0.25, 0.3) is 0 Å². The van der Waals surface area contributed by atoms with E-state index in [1.165, 1.54) is 6.42 Å². The fraction of sp³-hybridized carbons (Fsp3) is 0.714. The number of nitrogens with one attached hydrogen (secondary N) is 2. The Bertz CT molecular complexity index is 448. The molecule has 21 heavy (non-hydrogen) atoms. The van der Waals surface area contributed by atoms with Crippen LogP contribution in [-0.2, 0) is 7.05 Å². The fourth-order valence-electron chi connectivity index (χ4n) is 2.70. The molecule has 118 valence electrons. The minimum atomic E-state index is -0.197. The topological polar surface area (TPSA) is 82.4 Å². The number of aliphatic hydroxyl groups is 1. The van der Waals surface area contributed by atoms with Crippen molar-refractivity contribution in [3.8, 4) is 0 Å². The standard InChI is InChI=1S/C14H25N5O2/c1-18-10-12(9-16-18)17-14(21)15-6-2-3-7-19-8-4-5-13(19)11-20/h9-10,13,20H,2-8,11H2,1H3,(H2,15,17,21). The lowest BCUT2D eigenvalue weighted by atomic mass is 10.2. The average Bonchev–Trinajstić information content (AvgIpc) is 3.07. The molecule has 1 atom stereocenters. The maximum atomic E-state index is 11.6. The number of rotatable bonds is 7. The van der Waals surface area contributed by atoms with Crippen molar-refractivity contribution >= 4 is 11.7 Å². The molecule has 2 amide bonds. The molecule has 1 aromatic heterocycles. The van der Waals surface area contributed by atoms with E-state index in [1.54, 1.807) is 24.1 Å². The van der Waals surface area contributed by atoms with E-state index in [0.717, 1.165) is 32.4 Å². The van der Waals surface area contributed by atoms with Gasteiger partial charge in [0, 0.05) is 25.8 Å². The van der Waals surface area contributed by atoms with Gasteiger partial charge in [0.05, 0.1) is 18.5 Å². The summed E-state index contributed by atoms with van der Waals surface area (Å²) in [5.41, 5.74) is 0.692. The summed E-state index contributed by atoms with van der Waals surface area (Å²) < 4.78 is 1.64. The third-order valence-corrected chi connectivity index (χ3v) is 3.83. The SMILES string of the molecule is Cn1cc(NC(=O)NCCCCN2CCCC2CO)cn1. The van der Waals surface area contributed by atoms with Gasteiger partial charge in [0.1, 0.15) is 0 Å². The molecule has 0 radical (unpaired) electrons. The van der Waals surface area contributed by atoms with Crippen molar-refractivity contribution in [3.05, 3.63) is 12.4 Å². The zero-order chi connectivity index (χ0) is 15.1. The summed E-state index contributed by atoms with van der Waals surface area (Å²) in [6.07, 6.45) is 7.61. The number of carbonyl (C=O) groups excluding carboxylic acids is 1. The van der Waals surface area contributed by atoms with E-state index in [4.69, 9.17) is 0 Å². The molecule has 0 spiro atoms. The lowest BCUT2D eigenvalue weighted by Gasteiger charge is -2.22. The minimum absolute atomic E-state index is 0.197.